The fraction of sp³-hybridized carbons (Fsp3) is 0.150. The molecule has 0 bridgehead atoms. The lowest BCUT2D eigenvalue weighted by Crippen LogP contribution is -2.26. The molecule has 0 saturated carbocycles. The number of fused-ring (bicyclic) bond motifs is 3. The molecule has 0 spiro atoms. The van der Waals surface area contributed by atoms with E-state index in [1.165, 1.54) is 13.0 Å². The average molecular weight is 394 g/mol. The highest BCUT2D eigenvalue weighted by molar-refractivity contribution is 7.86. The molecule has 28 heavy (non-hydrogen) atoms. The van der Waals surface area contributed by atoms with E-state index in [1.54, 1.807) is 36.4 Å². The van der Waals surface area contributed by atoms with Gasteiger partial charge in [0.25, 0.3) is 0 Å². The van der Waals surface area contributed by atoms with Gasteiger partial charge in [-0.1, -0.05) is 43.3 Å². The number of nitrogens with zero attached hydrogens (tertiary/aromatic N) is 2. The molecular weight excluding hydrogens is 380 g/mol. The van der Waals surface area contributed by atoms with Crippen molar-refractivity contribution in [2.45, 2.75) is 18.8 Å². The van der Waals surface area contributed by atoms with Gasteiger partial charge < -0.3 is 4.74 Å². The number of benzene rings is 2. The molecule has 0 aliphatic heterocycles. The summed E-state index contributed by atoms with van der Waals surface area (Å²) in [6, 6.07) is 15.4. The van der Waals surface area contributed by atoms with E-state index in [4.69, 9.17) is 4.74 Å². The number of nitriles is 2. The van der Waals surface area contributed by atoms with E-state index in [2.05, 4.69) is 0 Å². The molecule has 0 heterocycles. The minimum atomic E-state index is -4.56. The number of esters is 1. The highest BCUT2D eigenvalue weighted by Crippen LogP contribution is 2.47. The number of rotatable bonds is 4. The van der Waals surface area contributed by atoms with E-state index in [-0.39, 0.29) is 17.6 Å². The highest BCUT2D eigenvalue weighted by Gasteiger charge is 2.32. The summed E-state index contributed by atoms with van der Waals surface area (Å²) in [6.07, 6.45) is -0.117. The van der Waals surface area contributed by atoms with E-state index in [0.29, 0.717) is 27.8 Å². The summed E-state index contributed by atoms with van der Waals surface area (Å²) < 4.78 is 37.0. The second-order valence-electron chi connectivity index (χ2n) is 6.01. The third kappa shape index (κ3) is 3.16. The monoisotopic (exact) mass is 394 g/mol. The molecule has 0 saturated heterocycles. The Morgan fingerprint density at radius 1 is 1.07 bits per heavy atom. The first-order valence-electron chi connectivity index (χ1n) is 8.28. The van der Waals surface area contributed by atoms with Gasteiger partial charge in [-0.3, -0.25) is 4.55 Å². The Morgan fingerprint density at radius 3 is 2.25 bits per heavy atom. The topological polar surface area (TPSA) is 128 Å². The quantitative estimate of drug-likeness (QED) is 0.408. The van der Waals surface area contributed by atoms with E-state index in [0.717, 1.165) is 0 Å². The van der Waals surface area contributed by atoms with Gasteiger partial charge in [-0.2, -0.15) is 18.9 Å². The molecule has 140 valence electrons. The molecule has 1 aliphatic rings. The fourth-order valence-electron chi connectivity index (χ4n) is 3.23. The standard InChI is InChI=1S/C20H14N2O5S/c1-2-17(28(24,25)26)27-20(23)16-9-5-8-15-18(12(10-21)11-22)13-6-3-4-7-14(13)19(15)16/h3-9,17H,2H2,1H3,(H,24,25,26). The molecule has 1 unspecified atom stereocenters. The lowest BCUT2D eigenvalue weighted by atomic mass is 9.97. The minimum Gasteiger partial charge on any atom is -0.440 e. The van der Waals surface area contributed by atoms with Crippen LogP contribution in [0.1, 0.15) is 34.8 Å². The molecule has 0 amide bonds. The van der Waals surface area contributed by atoms with Crippen LogP contribution in [0.5, 0.6) is 0 Å². The predicted molar refractivity (Wildman–Crippen MR) is 100 cm³/mol. The van der Waals surface area contributed by atoms with E-state index in [1.807, 2.05) is 12.1 Å². The van der Waals surface area contributed by atoms with Gasteiger partial charge in [0.15, 0.2) is 0 Å². The summed E-state index contributed by atoms with van der Waals surface area (Å²) >= 11 is 0. The molecule has 1 N–H and O–H groups in total. The Hall–Kier alpha value is -3.46. The maximum atomic E-state index is 12.7. The molecule has 1 atom stereocenters. The van der Waals surface area contributed by atoms with Gasteiger partial charge in [-0.05, 0) is 29.2 Å². The van der Waals surface area contributed by atoms with Crippen LogP contribution in [0.2, 0.25) is 0 Å². The zero-order chi connectivity index (χ0) is 20.5. The van der Waals surface area contributed by atoms with Crippen molar-refractivity contribution in [3.05, 3.63) is 64.7 Å². The first kappa shape index (κ1) is 19.3. The van der Waals surface area contributed by atoms with Crippen molar-refractivity contribution in [2.75, 3.05) is 0 Å². The molecule has 8 heteroatoms. The van der Waals surface area contributed by atoms with Gasteiger partial charge in [0.1, 0.15) is 17.7 Å². The lowest BCUT2D eigenvalue weighted by molar-refractivity contribution is 0.0425. The van der Waals surface area contributed by atoms with Crippen LogP contribution in [-0.2, 0) is 14.9 Å². The average Bonchev–Trinajstić information content (AvgIpc) is 3.01. The Balaban J connectivity index is 2.22. The number of ether oxygens (including phenoxy) is 1. The van der Waals surface area contributed by atoms with Crippen molar-refractivity contribution >= 4 is 21.7 Å². The van der Waals surface area contributed by atoms with Crippen LogP contribution in [0.25, 0.3) is 16.7 Å². The van der Waals surface area contributed by atoms with Crippen molar-refractivity contribution < 1.29 is 22.5 Å². The summed E-state index contributed by atoms with van der Waals surface area (Å²) in [5, 5.41) is 18.7. The van der Waals surface area contributed by atoms with Gasteiger partial charge in [-0.25, -0.2) is 4.79 Å². The predicted octanol–water partition coefficient (Wildman–Crippen LogP) is 3.30. The van der Waals surface area contributed by atoms with Crippen molar-refractivity contribution in [3.8, 4) is 23.3 Å². The number of carbonyl (C=O) groups excluding carboxylic acids is 1. The number of hydrogen-bond acceptors (Lipinski definition) is 6. The number of hydrogen-bond donors (Lipinski definition) is 1. The van der Waals surface area contributed by atoms with Gasteiger partial charge in [0.2, 0.25) is 5.44 Å². The van der Waals surface area contributed by atoms with Gasteiger partial charge >= 0.3 is 16.1 Å². The molecule has 3 rings (SSSR count). The molecule has 2 aromatic rings. The van der Waals surface area contributed by atoms with E-state index in [9.17, 15) is 28.3 Å². The summed E-state index contributed by atoms with van der Waals surface area (Å²) in [5.74, 6) is -0.923. The van der Waals surface area contributed by atoms with Gasteiger partial charge in [0, 0.05) is 11.1 Å². The van der Waals surface area contributed by atoms with Crippen molar-refractivity contribution in [3.63, 3.8) is 0 Å². The second kappa shape index (κ2) is 7.28. The van der Waals surface area contributed by atoms with Crippen molar-refractivity contribution in [1.29, 1.82) is 10.5 Å². The van der Waals surface area contributed by atoms with Crippen LogP contribution in [0.15, 0.2) is 48.0 Å². The van der Waals surface area contributed by atoms with Crippen LogP contribution < -0.4 is 0 Å². The van der Waals surface area contributed by atoms with E-state index >= 15 is 0 Å². The van der Waals surface area contributed by atoms with Crippen LogP contribution in [0.3, 0.4) is 0 Å². The zero-order valence-electron chi connectivity index (χ0n) is 14.7. The largest absolute Gasteiger partial charge is 0.440 e. The molecule has 0 fully saturated rings. The number of carbonyl (C=O) groups is 1. The minimum absolute atomic E-state index is 0.0808. The zero-order valence-corrected chi connectivity index (χ0v) is 15.5. The Labute approximate surface area is 161 Å². The maximum absolute atomic E-state index is 12.7. The molecule has 0 radical (unpaired) electrons. The first-order chi connectivity index (χ1) is 13.3. The third-order valence-corrected chi connectivity index (χ3v) is 5.49. The third-order valence-electron chi connectivity index (χ3n) is 4.40. The summed E-state index contributed by atoms with van der Waals surface area (Å²) in [7, 11) is -4.56. The Kier molecular flexibility index (Phi) is 5.02. The van der Waals surface area contributed by atoms with Crippen LogP contribution in [0.4, 0.5) is 0 Å². The van der Waals surface area contributed by atoms with Crippen molar-refractivity contribution in [1.82, 2.24) is 0 Å². The van der Waals surface area contributed by atoms with Crippen LogP contribution >= 0.6 is 0 Å². The second-order valence-corrected chi connectivity index (χ2v) is 7.56. The number of allylic oxidation sites excluding steroid dienone is 1. The van der Waals surface area contributed by atoms with Crippen LogP contribution in [-0.4, -0.2) is 24.4 Å². The Bertz CT molecular complexity index is 1180. The van der Waals surface area contributed by atoms with Crippen LogP contribution in [0, 0.1) is 22.7 Å². The molecule has 7 nitrogen and oxygen atoms in total. The maximum Gasteiger partial charge on any atom is 0.340 e. The molecule has 1 aliphatic carbocycles. The molecule has 0 aromatic heterocycles. The smallest absolute Gasteiger partial charge is 0.340 e. The highest BCUT2D eigenvalue weighted by atomic mass is 32.2. The Morgan fingerprint density at radius 2 is 1.68 bits per heavy atom. The van der Waals surface area contributed by atoms with Gasteiger partial charge in [0.05, 0.1) is 5.56 Å². The van der Waals surface area contributed by atoms with Crippen molar-refractivity contribution in [2.24, 2.45) is 0 Å². The SMILES string of the molecule is CCC(OC(=O)c1cccc2c1-c1ccccc1C2=C(C#N)C#N)S(=O)(=O)O. The first-order valence-corrected chi connectivity index (χ1v) is 9.78. The summed E-state index contributed by atoms with van der Waals surface area (Å²) in [6.45, 7) is 1.46. The normalized spacial score (nSPS) is 12.9. The van der Waals surface area contributed by atoms with E-state index < -0.39 is 21.5 Å². The summed E-state index contributed by atoms with van der Waals surface area (Å²) in [5.41, 5.74) is 0.919. The fourth-order valence-corrected chi connectivity index (χ4v) is 3.86. The molecule has 2 aromatic carbocycles. The summed E-state index contributed by atoms with van der Waals surface area (Å²) in [4.78, 5) is 12.7. The lowest BCUT2D eigenvalue weighted by Gasteiger charge is -2.15. The van der Waals surface area contributed by atoms with Gasteiger partial charge in [-0.15, -0.1) is 0 Å². The molecular formula is C20H14N2O5S.